The molecular formula is C7H9Cl3. The van der Waals surface area contributed by atoms with Crippen LogP contribution >= 0.6 is 34.8 Å². The lowest BCUT2D eigenvalue weighted by Crippen LogP contribution is -2.39. The van der Waals surface area contributed by atoms with Gasteiger partial charge in [-0.25, -0.2) is 0 Å². The number of alkyl halides is 3. The molecule has 0 heterocycles. The lowest BCUT2D eigenvalue weighted by Gasteiger charge is -2.42. The van der Waals surface area contributed by atoms with Crippen LogP contribution in [0.3, 0.4) is 0 Å². The van der Waals surface area contributed by atoms with E-state index in [4.69, 9.17) is 34.8 Å². The summed E-state index contributed by atoms with van der Waals surface area (Å²) >= 11 is 17.4. The average molecular weight is 200 g/mol. The third-order valence-electron chi connectivity index (χ3n) is 1.93. The van der Waals surface area contributed by atoms with Crippen LogP contribution in [0.1, 0.15) is 12.8 Å². The third-order valence-corrected chi connectivity index (χ3v) is 3.30. The minimum absolute atomic E-state index is 0.320. The van der Waals surface area contributed by atoms with E-state index in [2.05, 4.69) is 6.58 Å². The number of rotatable bonds is 2. The van der Waals surface area contributed by atoms with Gasteiger partial charge in [0.25, 0.3) is 0 Å². The van der Waals surface area contributed by atoms with Crippen molar-refractivity contribution >= 4 is 34.8 Å². The van der Waals surface area contributed by atoms with Crippen molar-refractivity contribution in [2.45, 2.75) is 17.2 Å². The Hall–Kier alpha value is 0.610. The number of hydrogen-bond donors (Lipinski definition) is 0. The summed E-state index contributed by atoms with van der Waals surface area (Å²) in [7, 11) is 0. The van der Waals surface area contributed by atoms with Crippen molar-refractivity contribution in [2.75, 3.05) is 5.88 Å². The molecule has 3 heteroatoms. The Balaban J connectivity index is 2.46. The monoisotopic (exact) mass is 198 g/mol. The lowest BCUT2D eigenvalue weighted by atomic mass is 9.78. The highest BCUT2D eigenvalue weighted by Crippen LogP contribution is 2.52. The van der Waals surface area contributed by atoms with Crippen LogP contribution in [0.2, 0.25) is 0 Å². The van der Waals surface area contributed by atoms with Gasteiger partial charge < -0.3 is 0 Å². The second kappa shape index (κ2) is 2.92. The summed E-state index contributed by atoms with van der Waals surface area (Å²) in [5, 5.41) is 0. The smallest absolute Gasteiger partial charge is 0.127 e. The fraction of sp³-hybridized carbons (Fsp3) is 0.714. The zero-order valence-corrected chi connectivity index (χ0v) is 7.81. The second-order valence-corrected chi connectivity index (χ2v) is 4.37. The summed E-state index contributed by atoms with van der Waals surface area (Å²) in [5.41, 5.74) is 0.922. The van der Waals surface area contributed by atoms with E-state index < -0.39 is 4.33 Å². The Morgan fingerprint density at radius 2 is 2.20 bits per heavy atom. The van der Waals surface area contributed by atoms with Crippen LogP contribution in [0.4, 0.5) is 0 Å². The highest BCUT2D eigenvalue weighted by atomic mass is 35.5. The van der Waals surface area contributed by atoms with Gasteiger partial charge in [0.1, 0.15) is 4.33 Å². The minimum Gasteiger partial charge on any atom is -0.127 e. The van der Waals surface area contributed by atoms with Crippen LogP contribution in [-0.2, 0) is 0 Å². The van der Waals surface area contributed by atoms with Gasteiger partial charge >= 0.3 is 0 Å². The predicted molar refractivity (Wildman–Crippen MR) is 47.0 cm³/mol. The molecule has 58 valence electrons. The molecule has 0 radical (unpaired) electrons. The maximum absolute atomic E-state index is 5.91. The van der Waals surface area contributed by atoms with Gasteiger partial charge in [-0.1, -0.05) is 29.8 Å². The van der Waals surface area contributed by atoms with Crippen molar-refractivity contribution in [3.05, 3.63) is 12.2 Å². The van der Waals surface area contributed by atoms with Crippen LogP contribution in [0.5, 0.6) is 0 Å². The first kappa shape index (κ1) is 8.70. The summed E-state index contributed by atoms with van der Waals surface area (Å²) in [6.45, 7) is 3.74. The van der Waals surface area contributed by atoms with Crippen molar-refractivity contribution in [1.82, 2.24) is 0 Å². The van der Waals surface area contributed by atoms with Gasteiger partial charge in [0.2, 0.25) is 0 Å². The molecule has 1 aliphatic carbocycles. The first-order chi connectivity index (χ1) is 4.59. The van der Waals surface area contributed by atoms with Crippen molar-refractivity contribution < 1.29 is 0 Å². The van der Waals surface area contributed by atoms with Gasteiger partial charge in [-0.2, -0.15) is 0 Å². The normalized spacial score (nSPS) is 29.9. The molecule has 1 fully saturated rings. The molecule has 1 saturated carbocycles. The zero-order valence-electron chi connectivity index (χ0n) is 5.54. The van der Waals surface area contributed by atoms with E-state index in [0.29, 0.717) is 11.8 Å². The summed E-state index contributed by atoms with van der Waals surface area (Å²) < 4.78 is -0.686. The van der Waals surface area contributed by atoms with Gasteiger partial charge in [-0.3, -0.25) is 0 Å². The van der Waals surface area contributed by atoms with E-state index in [1.807, 2.05) is 0 Å². The largest absolute Gasteiger partial charge is 0.142 e. The van der Waals surface area contributed by atoms with E-state index in [-0.39, 0.29) is 0 Å². The Kier molecular flexibility index (Phi) is 2.54. The molecule has 0 saturated heterocycles. The highest BCUT2D eigenvalue weighted by Gasteiger charge is 2.46. The molecular weight excluding hydrogens is 190 g/mol. The van der Waals surface area contributed by atoms with Crippen molar-refractivity contribution in [1.29, 1.82) is 0 Å². The molecule has 0 amide bonds. The maximum Gasteiger partial charge on any atom is 0.142 e. The van der Waals surface area contributed by atoms with E-state index in [9.17, 15) is 0 Å². The Bertz CT molecular complexity index is 151. The Labute approximate surface area is 76.1 Å². The molecule has 1 unspecified atom stereocenters. The van der Waals surface area contributed by atoms with Crippen LogP contribution in [0.15, 0.2) is 12.2 Å². The first-order valence-corrected chi connectivity index (χ1v) is 4.50. The number of hydrogen-bond acceptors (Lipinski definition) is 0. The van der Waals surface area contributed by atoms with E-state index in [1.54, 1.807) is 0 Å². The summed E-state index contributed by atoms with van der Waals surface area (Å²) in [4.78, 5) is 0. The topological polar surface area (TPSA) is 0 Å². The summed E-state index contributed by atoms with van der Waals surface area (Å²) in [6, 6.07) is 0. The molecule has 0 N–H and O–H groups in total. The molecule has 1 atom stereocenters. The highest BCUT2D eigenvalue weighted by molar-refractivity contribution is 6.51. The van der Waals surface area contributed by atoms with Crippen LogP contribution in [-0.4, -0.2) is 10.2 Å². The molecule has 0 aromatic carbocycles. The fourth-order valence-corrected chi connectivity index (χ4v) is 1.92. The maximum atomic E-state index is 5.91. The van der Waals surface area contributed by atoms with Gasteiger partial charge in [-0.15, -0.1) is 11.6 Å². The quantitative estimate of drug-likeness (QED) is 0.473. The van der Waals surface area contributed by atoms with E-state index in [0.717, 1.165) is 18.4 Å². The molecule has 0 aromatic rings. The molecule has 0 spiro atoms. The number of halogens is 3. The Morgan fingerprint density at radius 3 is 2.50 bits per heavy atom. The Morgan fingerprint density at radius 1 is 1.60 bits per heavy atom. The van der Waals surface area contributed by atoms with Gasteiger partial charge in [-0.05, 0) is 18.4 Å². The van der Waals surface area contributed by atoms with Crippen LogP contribution in [0, 0.1) is 5.92 Å². The lowest BCUT2D eigenvalue weighted by molar-refractivity contribution is 0.382. The second-order valence-electron chi connectivity index (χ2n) is 2.61. The van der Waals surface area contributed by atoms with Gasteiger partial charge in [0.05, 0.1) is 0 Å². The number of allylic oxidation sites excluding steroid dienone is 1. The molecule has 0 nitrogen and oxygen atoms in total. The van der Waals surface area contributed by atoms with Gasteiger partial charge in [0.15, 0.2) is 0 Å². The summed E-state index contributed by atoms with van der Waals surface area (Å²) in [5.74, 6) is 0.944. The first-order valence-electron chi connectivity index (χ1n) is 3.21. The van der Waals surface area contributed by atoms with Crippen molar-refractivity contribution in [3.63, 3.8) is 0 Å². The molecule has 10 heavy (non-hydrogen) atoms. The summed E-state index contributed by atoms with van der Waals surface area (Å²) in [6.07, 6.45) is 1.81. The molecule has 0 aliphatic heterocycles. The third kappa shape index (κ3) is 1.30. The predicted octanol–water partition coefficient (Wildman–Crippen LogP) is 3.37. The molecule has 1 rings (SSSR count). The van der Waals surface area contributed by atoms with Crippen molar-refractivity contribution in [3.8, 4) is 0 Å². The molecule has 0 aromatic heterocycles. The average Bonchev–Trinajstić information content (AvgIpc) is 1.88. The fourth-order valence-electron chi connectivity index (χ4n) is 1.13. The molecule has 1 aliphatic rings. The van der Waals surface area contributed by atoms with Gasteiger partial charge in [0, 0.05) is 11.8 Å². The SMILES string of the molecule is C=C1CC(CCCl)C1(Cl)Cl. The van der Waals surface area contributed by atoms with Crippen LogP contribution < -0.4 is 0 Å². The minimum atomic E-state index is -0.686. The molecule has 0 bridgehead atoms. The van der Waals surface area contributed by atoms with E-state index in [1.165, 1.54) is 0 Å². The van der Waals surface area contributed by atoms with Crippen molar-refractivity contribution in [2.24, 2.45) is 5.92 Å². The van der Waals surface area contributed by atoms with E-state index >= 15 is 0 Å². The van der Waals surface area contributed by atoms with Crippen LogP contribution in [0.25, 0.3) is 0 Å². The standard InChI is InChI=1S/C7H9Cl3/c1-5-4-6(2-3-8)7(5,9)10/h6H,1-4H2. The zero-order chi connectivity index (χ0) is 7.78.